The topological polar surface area (TPSA) is 50.1 Å². The summed E-state index contributed by atoms with van der Waals surface area (Å²) in [7, 11) is 1.88. The number of nitrogens with zero attached hydrogens (tertiary/aromatic N) is 2. The van der Waals surface area contributed by atoms with E-state index in [0.717, 1.165) is 18.8 Å². The summed E-state index contributed by atoms with van der Waals surface area (Å²) < 4.78 is 2.16. The number of rotatable bonds is 6. The quantitative estimate of drug-likeness (QED) is 0.768. The number of aliphatic hydroxyl groups is 1. The Morgan fingerprint density at radius 2 is 2.25 bits per heavy atom. The molecule has 4 heteroatoms. The van der Waals surface area contributed by atoms with Crippen molar-refractivity contribution in [2.45, 2.75) is 45.2 Å². The lowest BCUT2D eigenvalue weighted by atomic mass is 9.99. The summed E-state index contributed by atoms with van der Waals surface area (Å²) in [5.74, 6) is 1.54. The molecule has 2 N–H and O–H groups in total. The zero-order valence-corrected chi connectivity index (χ0v) is 10.7. The average Bonchev–Trinajstić information content (AvgIpc) is 2.74. The molecule has 16 heavy (non-hydrogen) atoms. The molecule has 0 bridgehead atoms. The first-order valence-electron chi connectivity index (χ1n) is 5.83. The van der Waals surface area contributed by atoms with E-state index in [2.05, 4.69) is 28.7 Å². The molecule has 0 aliphatic rings. The van der Waals surface area contributed by atoms with Gasteiger partial charge in [-0.1, -0.05) is 13.8 Å². The van der Waals surface area contributed by atoms with Crippen molar-refractivity contribution in [2.75, 3.05) is 13.7 Å². The summed E-state index contributed by atoms with van der Waals surface area (Å²) in [5, 5.41) is 12.5. The Kier molecular flexibility index (Phi) is 4.50. The molecule has 0 aliphatic heterocycles. The van der Waals surface area contributed by atoms with Gasteiger partial charge < -0.3 is 15.0 Å². The molecule has 0 saturated carbocycles. The molecule has 1 aromatic heterocycles. The molecule has 92 valence electrons. The van der Waals surface area contributed by atoms with E-state index in [0.29, 0.717) is 5.92 Å². The molecule has 0 aliphatic carbocycles. The predicted molar refractivity (Wildman–Crippen MR) is 65.5 cm³/mol. The molecule has 1 atom stereocenters. The number of imidazole rings is 1. The second-order valence-corrected chi connectivity index (χ2v) is 4.85. The molecule has 1 aromatic rings. The van der Waals surface area contributed by atoms with E-state index < -0.39 is 0 Å². The SMILES string of the molecule is CNC(C)(CO)CCn1ccnc1C(C)C. The van der Waals surface area contributed by atoms with Crippen LogP contribution in [0.15, 0.2) is 12.4 Å². The maximum atomic E-state index is 9.31. The first kappa shape index (κ1) is 13.2. The van der Waals surface area contributed by atoms with Gasteiger partial charge in [0.25, 0.3) is 0 Å². The van der Waals surface area contributed by atoms with Crippen molar-refractivity contribution in [2.24, 2.45) is 0 Å². The smallest absolute Gasteiger partial charge is 0.111 e. The maximum absolute atomic E-state index is 9.31. The van der Waals surface area contributed by atoms with Crippen LogP contribution in [0.2, 0.25) is 0 Å². The summed E-state index contributed by atoms with van der Waals surface area (Å²) in [6.07, 6.45) is 4.73. The Morgan fingerprint density at radius 3 is 2.75 bits per heavy atom. The van der Waals surface area contributed by atoms with E-state index in [-0.39, 0.29) is 12.1 Å². The molecule has 1 unspecified atom stereocenters. The molecule has 0 spiro atoms. The van der Waals surface area contributed by atoms with Gasteiger partial charge in [0.05, 0.1) is 6.61 Å². The predicted octanol–water partition coefficient (Wildman–Crippen LogP) is 1.37. The largest absolute Gasteiger partial charge is 0.394 e. The number of hydrogen-bond acceptors (Lipinski definition) is 3. The van der Waals surface area contributed by atoms with Crippen LogP contribution in [-0.2, 0) is 6.54 Å². The Balaban J connectivity index is 2.64. The van der Waals surface area contributed by atoms with Crippen LogP contribution in [0.4, 0.5) is 0 Å². The fraction of sp³-hybridized carbons (Fsp3) is 0.750. The Labute approximate surface area is 97.7 Å². The minimum Gasteiger partial charge on any atom is -0.394 e. The number of aliphatic hydroxyl groups excluding tert-OH is 1. The van der Waals surface area contributed by atoms with Crippen LogP contribution in [0, 0.1) is 0 Å². The number of likely N-dealkylation sites (N-methyl/N-ethyl adjacent to an activating group) is 1. The van der Waals surface area contributed by atoms with Crippen molar-refractivity contribution in [1.82, 2.24) is 14.9 Å². The van der Waals surface area contributed by atoms with Gasteiger partial charge in [-0.25, -0.2) is 4.98 Å². The fourth-order valence-corrected chi connectivity index (χ4v) is 1.66. The normalized spacial score (nSPS) is 15.4. The van der Waals surface area contributed by atoms with Gasteiger partial charge in [0.1, 0.15) is 5.82 Å². The zero-order chi connectivity index (χ0) is 12.2. The van der Waals surface area contributed by atoms with Crippen molar-refractivity contribution in [3.05, 3.63) is 18.2 Å². The highest BCUT2D eigenvalue weighted by Gasteiger charge is 2.21. The maximum Gasteiger partial charge on any atom is 0.111 e. The second kappa shape index (κ2) is 5.46. The lowest BCUT2D eigenvalue weighted by Crippen LogP contribution is -2.44. The Bertz CT molecular complexity index is 316. The van der Waals surface area contributed by atoms with Gasteiger partial charge in [-0.05, 0) is 20.4 Å². The average molecular weight is 225 g/mol. The third kappa shape index (κ3) is 3.06. The highest BCUT2D eigenvalue weighted by molar-refractivity contribution is 4.98. The molecular weight excluding hydrogens is 202 g/mol. The molecule has 1 rings (SSSR count). The van der Waals surface area contributed by atoms with Crippen LogP contribution in [0.3, 0.4) is 0 Å². The van der Waals surface area contributed by atoms with Gasteiger partial charge in [0.2, 0.25) is 0 Å². The third-order valence-electron chi connectivity index (χ3n) is 3.12. The van der Waals surface area contributed by atoms with E-state index in [4.69, 9.17) is 0 Å². The van der Waals surface area contributed by atoms with Gasteiger partial charge in [0, 0.05) is 30.4 Å². The van der Waals surface area contributed by atoms with Crippen LogP contribution in [0.1, 0.15) is 38.9 Å². The lowest BCUT2D eigenvalue weighted by molar-refractivity contribution is 0.168. The third-order valence-corrected chi connectivity index (χ3v) is 3.12. The number of aromatic nitrogens is 2. The Morgan fingerprint density at radius 1 is 1.56 bits per heavy atom. The van der Waals surface area contributed by atoms with Crippen LogP contribution in [0.5, 0.6) is 0 Å². The van der Waals surface area contributed by atoms with Crippen molar-refractivity contribution in [3.63, 3.8) is 0 Å². The van der Waals surface area contributed by atoms with E-state index in [1.807, 2.05) is 26.4 Å². The molecule has 0 saturated heterocycles. The molecule has 4 nitrogen and oxygen atoms in total. The minimum atomic E-state index is -0.210. The zero-order valence-electron chi connectivity index (χ0n) is 10.7. The molecule has 0 aromatic carbocycles. The van der Waals surface area contributed by atoms with Crippen molar-refractivity contribution >= 4 is 0 Å². The molecule has 0 fully saturated rings. The lowest BCUT2D eigenvalue weighted by Gasteiger charge is -2.27. The van der Waals surface area contributed by atoms with E-state index in [9.17, 15) is 5.11 Å². The minimum absolute atomic E-state index is 0.148. The first-order valence-corrected chi connectivity index (χ1v) is 5.83. The summed E-state index contributed by atoms with van der Waals surface area (Å²) in [5.41, 5.74) is -0.210. The van der Waals surface area contributed by atoms with Crippen molar-refractivity contribution < 1.29 is 5.11 Å². The van der Waals surface area contributed by atoms with Gasteiger partial charge in [-0.15, -0.1) is 0 Å². The van der Waals surface area contributed by atoms with E-state index in [1.165, 1.54) is 0 Å². The van der Waals surface area contributed by atoms with Crippen molar-refractivity contribution in [3.8, 4) is 0 Å². The first-order chi connectivity index (χ1) is 7.52. The monoisotopic (exact) mass is 225 g/mol. The van der Waals surface area contributed by atoms with Crippen LogP contribution < -0.4 is 5.32 Å². The number of aryl methyl sites for hydroxylation is 1. The van der Waals surface area contributed by atoms with Crippen LogP contribution in [0.25, 0.3) is 0 Å². The number of hydrogen-bond donors (Lipinski definition) is 2. The van der Waals surface area contributed by atoms with Gasteiger partial charge in [-0.2, -0.15) is 0 Å². The van der Waals surface area contributed by atoms with E-state index in [1.54, 1.807) is 0 Å². The summed E-state index contributed by atoms with van der Waals surface area (Å²) >= 11 is 0. The number of nitrogens with one attached hydrogen (secondary N) is 1. The van der Waals surface area contributed by atoms with Crippen LogP contribution in [-0.4, -0.2) is 33.9 Å². The fourth-order valence-electron chi connectivity index (χ4n) is 1.66. The highest BCUT2D eigenvalue weighted by atomic mass is 16.3. The van der Waals surface area contributed by atoms with Gasteiger partial charge >= 0.3 is 0 Å². The Hall–Kier alpha value is -0.870. The highest BCUT2D eigenvalue weighted by Crippen LogP contribution is 2.15. The van der Waals surface area contributed by atoms with Gasteiger partial charge in [-0.3, -0.25) is 0 Å². The molecular formula is C12H23N3O. The molecule has 0 radical (unpaired) electrons. The van der Waals surface area contributed by atoms with Crippen LogP contribution >= 0.6 is 0 Å². The molecule has 0 amide bonds. The van der Waals surface area contributed by atoms with Crippen molar-refractivity contribution in [1.29, 1.82) is 0 Å². The summed E-state index contributed by atoms with van der Waals surface area (Å²) in [6, 6.07) is 0. The second-order valence-electron chi connectivity index (χ2n) is 4.85. The molecule has 1 heterocycles. The standard InChI is InChI=1S/C12H23N3O/c1-10(2)11-14-6-8-15(11)7-5-12(3,9-16)13-4/h6,8,10,13,16H,5,7,9H2,1-4H3. The summed E-state index contributed by atoms with van der Waals surface area (Å²) in [6.45, 7) is 7.34. The summed E-state index contributed by atoms with van der Waals surface area (Å²) in [4.78, 5) is 4.35. The van der Waals surface area contributed by atoms with E-state index >= 15 is 0 Å². The van der Waals surface area contributed by atoms with Gasteiger partial charge in [0.15, 0.2) is 0 Å².